The largest absolute Gasteiger partial charge is 0.453 e. The van der Waals surface area contributed by atoms with E-state index in [1.54, 1.807) is 12.4 Å². The molecule has 4 rings (SSSR count). The minimum absolute atomic E-state index is 0.0141. The summed E-state index contributed by atoms with van der Waals surface area (Å²) < 4.78 is 51.0. The highest BCUT2D eigenvalue weighted by Gasteiger charge is 2.66. The first-order valence-electron chi connectivity index (χ1n) is 11.1. The van der Waals surface area contributed by atoms with E-state index < -0.39 is 34.2 Å². The molecule has 12 heteroatoms. The number of hydrogen-bond donors (Lipinski definition) is 1. The predicted octanol–water partition coefficient (Wildman–Crippen LogP) is 2.76. The van der Waals surface area contributed by atoms with Crippen molar-refractivity contribution in [2.75, 3.05) is 19.7 Å². The molecule has 184 valence electrons. The van der Waals surface area contributed by atoms with Gasteiger partial charge in [-0.1, -0.05) is 6.92 Å². The Labute approximate surface area is 202 Å². The molecule has 1 aliphatic heterocycles. The van der Waals surface area contributed by atoms with Crippen molar-refractivity contribution in [2.24, 2.45) is 11.8 Å². The maximum atomic E-state index is 12.9. The summed E-state index contributed by atoms with van der Waals surface area (Å²) in [7, 11) is -2.79. The number of nitrogens with one attached hydrogen (secondary N) is 1. The molecule has 3 fully saturated rings. The summed E-state index contributed by atoms with van der Waals surface area (Å²) in [5.74, 6) is 1.75. The number of rotatable bonds is 7. The summed E-state index contributed by atoms with van der Waals surface area (Å²) in [6.07, 6.45) is 5.93. The van der Waals surface area contributed by atoms with Crippen LogP contribution in [0.5, 0.6) is 0 Å². The lowest BCUT2D eigenvalue weighted by molar-refractivity contribution is -0.0103. The van der Waals surface area contributed by atoms with Crippen molar-refractivity contribution in [2.45, 2.75) is 69.2 Å². The van der Waals surface area contributed by atoms with Crippen LogP contribution in [0, 0.1) is 11.8 Å². The molecular formula is C21H30BrFN4O5S. The first-order chi connectivity index (χ1) is 15.6. The highest BCUT2D eigenvalue weighted by Crippen LogP contribution is 2.66. The van der Waals surface area contributed by atoms with E-state index in [1.165, 1.54) is 12.0 Å². The Balaban J connectivity index is 1.42. The SMILES string of the molecule is COC(=O)N1[C@H](C)C[C@H](NS(=O)(=O)CF)[C@@H]1CO[C@H]1CC[C@]2(c3ncc(Br)cn3)C(C1)[C@@H]2C. The van der Waals surface area contributed by atoms with Gasteiger partial charge in [0.25, 0.3) is 0 Å². The lowest BCUT2D eigenvalue weighted by Crippen LogP contribution is -2.50. The van der Waals surface area contributed by atoms with Gasteiger partial charge in [-0.2, -0.15) is 0 Å². The zero-order valence-corrected chi connectivity index (χ0v) is 21.3. The third-order valence-corrected chi connectivity index (χ3v) is 9.02. The van der Waals surface area contributed by atoms with Crippen molar-refractivity contribution >= 4 is 32.0 Å². The minimum atomic E-state index is -4.08. The number of sulfonamides is 1. The molecule has 33 heavy (non-hydrogen) atoms. The van der Waals surface area contributed by atoms with Gasteiger partial charge in [0, 0.05) is 29.9 Å². The molecular weight excluding hydrogens is 519 g/mol. The topological polar surface area (TPSA) is 111 Å². The van der Waals surface area contributed by atoms with Crippen molar-refractivity contribution in [3.63, 3.8) is 0 Å². The first-order valence-corrected chi connectivity index (χ1v) is 13.6. The number of hydrogen-bond acceptors (Lipinski definition) is 7. The van der Waals surface area contributed by atoms with E-state index in [0.717, 1.165) is 29.6 Å². The number of fused-ring (bicyclic) bond motifs is 1. The normalized spacial score (nSPS) is 35.8. The molecule has 1 amide bonds. The van der Waals surface area contributed by atoms with Crippen LogP contribution < -0.4 is 4.72 Å². The van der Waals surface area contributed by atoms with Crippen LogP contribution in [-0.2, 0) is 24.9 Å². The van der Waals surface area contributed by atoms with E-state index in [1.807, 2.05) is 6.92 Å². The number of carbonyl (C=O) groups excluding carboxylic acids is 1. The summed E-state index contributed by atoms with van der Waals surface area (Å²) in [6.45, 7) is 4.18. The molecule has 2 aliphatic carbocycles. The number of methoxy groups -OCH3 is 1. The van der Waals surface area contributed by atoms with E-state index in [9.17, 15) is 17.6 Å². The van der Waals surface area contributed by atoms with Gasteiger partial charge in [0.05, 0.1) is 30.3 Å². The third kappa shape index (κ3) is 4.63. The fraction of sp³-hybridized carbons (Fsp3) is 0.762. The zero-order valence-electron chi connectivity index (χ0n) is 18.9. The van der Waals surface area contributed by atoms with E-state index in [0.29, 0.717) is 18.3 Å². The molecule has 0 spiro atoms. The van der Waals surface area contributed by atoms with Gasteiger partial charge >= 0.3 is 6.09 Å². The van der Waals surface area contributed by atoms with Crippen molar-refractivity contribution in [1.29, 1.82) is 0 Å². The van der Waals surface area contributed by atoms with Gasteiger partial charge in [0.15, 0.2) is 0 Å². The smallest absolute Gasteiger partial charge is 0.410 e. The number of ether oxygens (including phenoxy) is 2. The average Bonchev–Trinajstić information content (AvgIpc) is 3.26. The number of carbonyl (C=O) groups is 1. The van der Waals surface area contributed by atoms with Crippen LogP contribution in [0.3, 0.4) is 0 Å². The van der Waals surface area contributed by atoms with Crippen molar-refractivity contribution in [3.8, 4) is 0 Å². The Bertz CT molecular complexity index is 983. The van der Waals surface area contributed by atoms with E-state index in [-0.39, 0.29) is 24.2 Å². The van der Waals surface area contributed by atoms with Crippen LogP contribution in [0.2, 0.25) is 0 Å². The molecule has 1 N–H and O–H groups in total. The standard InChI is InChI=1S/C21H30BrFN4O5S/c1-12-6-17(26-33(29,30)11-23)18(27(12)20(28)31-3)10-32-15-4-5-21(13(2)16(21)7-15)19-24-8-14(22)9-25-19/h8-9,12-13,15-18,26H,4-7,10-11H2,1-3H3/t12-,13+,15+,16?,17+,18+,21-/m1/s1. The molecule has 0 bridgehead atoms. The van der Waals surface area contributed by atoms with Gasteiger partial charge in [-0.3, -0.25) is 4.90 Å². The van der Waals surface area contributed by atoms with Crippen molar-refractivity contribution in [1.82, 2.24) is 19.6 Å². The molecule has 1 aromatic rings. The lowest BCUT2D eigenvalue weighted by Gasteiger charge is -2.32. The number of nitrogens with zero attached hydrogens (tertiary/aromatic N) is 3. The van der Waals surface area contributed by atoms with Crippen molar-refractivity contribution in [3.05, 3.63) is 22.7 Å². The zero-order chi connectivity index (χ0) is 24.0. The number of halogens is 2. The lowest BCUT2D eigenvalue weighted by atomic mass is 9.85. The number of amides is 1. The highest BCUT2D eigenvalue weighted by molar-refractivity contribution is 9.10. The first kappa shape index (κ1) is 24.7. The predicted molar refractivity (Wildman–Crippen MR) is 122 cm³/mol. The van der Waals surface area contributed by atoms with Crippen LogP contribution in [0.15, 0.2) is 16.9 Å². The van der Waals surface area contributed by atoms with Gasteiger partial charge in [0.2, 0.25) is 16.0 Å². The van der Waals surface area contributed by atoms with Crippen LogP contribution in [0.4, 0.5) is 9.18 Å². The van der Waals surface area contributed by atoms with Crippen molar-refractivity contribution < 1.29 is 27.1 Å². The Kier molecular flexibility index (Phi) is 7.01. The number of alkyl halides is 1. The maximum absolute atomic E-state index is 12.9. The summed E-state index contributed by atoms with van der Waals surface area (Å²) in [4.78, 5) is 23.0. The molecule has 1 saturated heterocycles. The molecule has 0 radical (unpaired) electrons. The van der Waals surface area contributed by atoms with Gasteiger partial charge < -0.3 is 9.47 Å². The van der Waals surface area contributed by atoms with Gasteiger partial charge in [-0.15, -0.1) is 0 Å². The van der Waals surface area contributed by atoms with Crippen LogP contribution in [-0.4, -0.2) is 73.3 Å². The minimum Gasteiger partial charge on any atom is -0.453 e. The van der Waals surface area contributed by atoms with Crippen LogP contribution in [0.1, 0.15) is 45.4 Å². The van der Waals surface area contributed by atoms with E-state index in [2.05, 4.69) is 37.5 Å². The molecule has 1 unspecified atom stereocenters. The van der Waals surface area contributed by atoms with Crippen LogP contribution >= 0.6 is 15.9 Å². The Hall–Kier alpha value is -1.37. The second kappa shape index (κ2) is 9.35. The van der Waals surface area contributed by atoms with E-state index >= 15 is 0 Å². The molecule has 7 atom stereocenters. The summed E-state index contributed by atoms with van der Waals surface area (Å²) in [5, 5.41) is 0. The van der Waals surface area contributed by atoms with Crippen LogP contribution in [0.25, 0.3) is 0 Å². The third-order valence-electron chi connectivity index (χ3n) is 7.66. The molecule has 9 nitrogen and oxygen atoms in total. The molecule has 2 saturated carbocycles. The average molecular weight is 549 g/mol. The monoisotopic (exact) mass is 548 g/mol. The number of likely N-dealkylation sites (tertiary alicyclic amines) is 1. The molecule has 0 aromatic carbocycles. The fourth-order valence-corrected chi connectivity index (χ4v) is 6.92. The quantitative estimate of drug-likeness (QED) is 0.557. The summed E-state index contributed by atoms with van der Waals surface area (Å²) >= 11 is 3.38. The Morgan fingerprint density at radius 2 is 2.03 bits per heavy atom. The van der Waals surface area contributed by atoms with Gasteiger partial charge in [0.1, 0.15) is 5.82 Å². The maximum Gasteiger partial charge on any atom is 0.410 e. The van der Waals surface area contributed by atoms with E-state index in [4.69, 9.17) is 9.47 Å². The second-order valence-corrected chi connectivity index (χ2v) is 12.0. The van der Waals surface area contributed by atoms with Gasteiger partial charge in [-0.05, 0) is 60.4 Å². The van der Waals surface area contributed by atoms with Gasteiger partial charge in [-0.25, -0.2) is 32.3 Å². The molecule has 3 aliphatic rings. The molecule has 1 aromatic heterocycles. The summed E-state index contributed by atoms with van der Waals surface area (Å²) in [5.41, 5.74) is -0.0141. The fourth-order valence-electron chi connectivity index (χ4n) is 5.94. The highest BCUT2D eigenvalue weighted by atomic mass is 79.9. The second-order valence-electron chi connectivity index (χ2n) is 9.37. The molecule has 2 heterocycles. The number of aromatic nitrogens is 2. The Morgan fingerprint density at radius 3 is 2.64 bits per heavy atom. The summed E-state index contributed by atoms with van der Waals surface area (Å²) in [6, 6.07) is -2.99. The Morgan fingerprint density at radius 1 is 1.33 bits per heavy atom.